The second-order valence-electron chi connectivity index (χ2n) is 7.43. The first-order chi connectivity index (χ1) is 13.5. The molecule has 0 radical (unpaired) electrons. The molecule has 0 saturated heterocycles. The van der Waals surface area contributed by atoms with Crippen molar-refractivity contribution in [1.29, 1.82) is 0 Å². The van der Waals surface area contributed by atoms with E-state index in [9.17, 15) is 9.90 Å². The highest BCUT2D eigenvalue weighted by Crippen LogP contribution is 2.56. The minimum atomic E-state index is -1.60. The number of benzene rings is 2. The zero-order chi connectivity index (χ0) is 19.9. The Balaban J connectivity index is 2.14. The molecular weight excluding hydrogens is 350 g/mol. The summed E-state index contributed by atoms with van der Waals surface area (Å²) in [4.78, 5) is 13.1. The van der Waals surface area contributed by atoms with E-state index in [1.807, 2.05) is 60.1 Å². The van der Waals surface area contributed by atoms with Gasteiger partial charge in [0, 0.05) is 24.4 Å². The van der Waals surface area contributed by atoms with Gasteiger partial charge in [0.1, 0.15) is 11.0 Å². The summed E-state index contributed by atoms with van der Waals surface area (Å²) in [6, 6.07) is 17.4. The van der Waals surface area contributed by atoms with Gasteiger partial charge in [0.15, 0.2) is 0 Å². The Bertz CT molecular complexity index is 1090. The van der Waals surface area contributed by atoms with Crippen molar-refractivity contribution >= 4 is 16.9 Å². The Morgan fingerprint density at radius 3 is 2.57 bits per heavy atom. The third-order valence-electron chi connectivity index (χ3n) is 6.22. The van der Waals surface area contributed by atoms with Gasteiger partial charge in [0.05, 0.1) is 12.8 Å². The van der Waals surface area contributed by atoms with E-state index in [0.717, 1.165) is 16.5 Å². The molecule has 0 unspecified atom stereocenters. The Morgan fingerprint density at radius 2 is 1.89 bits per heavy atom. The van der Waals surface area contributed by atoms with Crippen molar-refractivity contribution < 1.29 is 14.6 Å². The van der Waals surface area contributed by atoms with Gasteiger partial charge < -0.3 is 14.4 Å². The summed E-state index contributed by atoms with van der Waals surface area (Å²) in [5, 5.41) is 13.5. The number of nitrogens with zero attached hydrogens (tertiary/aromatic N) is 1. The van der Waals surface area contributed by atoms with Gasteiger partial charge in [0.25, 0.3) is 0 Å². The average Bonchev–Trinajstić information content (AvgIpc) is 3.03. The smallest absolute Gasteiger partial charge is 0.316 e. The molecule has 1 N–H and O–H groups in total. The number of aromatic nitrogens is 1. The van der Waals surface area contributed by atoms with Crippen LogP contribution in [-0.4, -0.2) is 22.8 Å². The van der Waals surface area contributed by atoms with Crippen molar-refractivity contribution in [3.63, 3.8) is 0 Å². The van der Waals surface area contributed by atoms with Crippen LogP contribution in [0.1, 0.15) is 29.7 Å². The summed E-state index contributed by atoms with van der Waals surface area (Å²) in [6.07, 6.45) is 6.84. The van der Waals surface area contributed by atoms with Gasteiger partial charge >= 0.3 is 5.97 Å². The third-order valence-corrected chi connectivity index (χ3v) is 6.22. The second-order valence-corrected chi connectivity index (χ2v) is 7.43. The Kier molecular flexibility index (Phi) is 4.28. The predicted molar refractivity (Wildman–Crippen MR) is 109 cm³/mol. The fourth-order valence-electron chi connectivity index (χ4n) is 4.93. The molecule has 1 aliphatic rings. The number of methoxy groups -OCH3 is 1. The molecule has 1 heterocycles. The Morgan fingerprint density at radius 1 is 1.21 bits per heavy atom. The van der Waals surface area contributed by atoms with Gasteiger partial charge in [-0.3, -0.25) is 4.79 Å². The molecule has 0 bridgehead atoms. The maximum atomic E-state index is 13.1. The van der Waals surface area contributed by atoms with Crippen LogP contribution in [0.4, 0.5) is 0 Å². The summed E-state index contributed by atoms with van der Waals surface area (Å²) < 4.78 is 7.18. The molecule has 1 aromatic heterocycles. The summed E-state index contributed by atoms with van der Waals surface area (Å²) in [5.74, 6) is 2.15. The van der Waals surface area contributed by atoms with Crippen molar-refractivity contribution in [3.8, 4) is 12.3 Å². The van der Waals surface area contributed by atoms with Gasteiger partial charge in [-0.15, -0.1) is 12.3 Å². The minimum Gasteiger partial charge on any atom is -0.468 e. The standard InChI is InChI=1S/C24H23NO3/c1-4-15-23(22(26)28-3)16-14-19-18-12-8-9-13-20(18)25(2)21(19)24(23,27)17-10-6-5-7-11-17/h1,5-13,27H,14-16H2,2-3H3/t23-,24+/m0/s1. The lowest BCUT2D eigenvalue weighted by Crippen LogP contribution is -2.55. The molecule has 4 nitrogen and oxygen atoms in total. The first-order valence-corrected chi connectivity index (χ1v) is 9.38. The lowest BCUT2D eigenvalue weighted by atomic mass is 9.58. The largest absolute Gasteiger partial charge is 0.468 e. The van der Waals surface area contributed by atoms with Crippen LogP contribution in [-0.2, 0) is 28.6 Å². The Labute approximate surface area is 164 Å². The third kappa shape index (κ3) is 2.20. The number of terminal acetylenes is 1. The zero-order valence-corrected chi connectivity index (χ0v) is 16.1. The summed E-state index contributed by atoms with van der Waals surface area (Å²) in [5.41, 5.74) is 0.570. The van der Waals surface area contributed by atoms with E-state index >= 15 is 0 Å². The number of fused-ring (bicyclic) bond motifs is 3. The number of carbonyl (C=O) groups excluding carboxylic acids is 1. The maximum Gasteiger partial charge on any atom is 0.316 e. The van der Waals surface area contributed by atoms with Crippen LogP contribution in [0.2, 0.25) is 0 Å². The molecule has 1 aliphatic carbocycles. The van der Waals surface area contributed by atoms with E-state index in [1.165, 1.54) is 7.11 Å². The molecule has 0 fully saturated rings. The lowest BCUT2D eigenvalue weighted by Gasteiger charge is -2.48. The van der Waals surface area contributed by atoms with Crippen molar-refractivity contribution in [2.24, 2.45) is 12.5 Å². The highest BCUT2D eigenvalue weighted by Gasteiger charge is 2.62. The topological polar surface area (TPSA) is 51.5 Å². The molecule has 4 heteroatoms. The fourth-order valence-corrected chi connectivity index (χ4v) is 4.93. The summed E-state index contributed by atoms with van der Waals surface area (Å²) >= 11 is 0. The van der Waals surface area contributed by atoms with Crippen LogP contribution in [0.25, 0.3) is 10.9 Å². The van der Waals surface area contributed by atoms with E-state index in [0.29, 0.717) is 24.1 Å². The number of carbonyl (C=O) groups is 1. The van der Waals surface area contributed by atoms with Crippen molar-refractivity contribution in [2.45, 2.75) is 24.9 Å². The van der Waals surface area contributed by atoms with Crippen LogP contribution in [0, 0.1) is 17.8 Å². The molecule has 4 rings (SSSR count). The number of esters is 1. The molecule has 2 atom stereocenters. The first kappa shape index (κ1) is 18.3. The lowest BCUT2D eigenvalue weighted by molar-refractivity contribution is -0.172. The number of hydrogen-bond donors (Lipinski definition) is 1. The van der Waals surface area contributed by atoms with Gasteiger partial charge in [-0.2, -0.15) is 0 Å². The molecule has 0 aliphatic heterocycles. The summed E-state index contributed by atoms with van der Waals surface area (Å²) in [6.45, 7) is 0. The average molecular weight is 373 g/mol. The molecule has 0 saturated carbocycles. The zero-order valence-electron chi connectivity index (χ0n) is 16.1. The molecule has 2 aromatic carbocycles. The molecule has 0 spiro atoms. The molecule has 28 heavy (non-hydrogen) atoms. The van der Waals surface area contributed by atoms with Gasteiger partial charge in [0.2, 0.25) is 0 Å². The second kappa shape index (κ2) is 6.54. The first-order valence-electron chi connectivity index (χ1n) is 9.38. The minimum absolute atomic E-state index is 0.0893. The predicted octanol–water partition coefficient (Wildman–Crippen LogP) is 3.54. The highest BCUT2D eigenvalue weighted by atomic mass is 16.5. The van der Waals surface area contributed by atoms with Crippen molar-refractivity contribution in [1.82, 2.24) is 4.57 Å². The van der Waals surface area contributed by atoms with Crippen LogP contribution in [0.15, 0.2) is 54.6 Å². The van der Waals surface area contributed by atoms with Gasteiger partial charge in [-0.05, 0) is 30.0 Å². The highest BCUT2D eigenvalue weighted by molar-refractivity contribution is 5.89. The number of aliphatic hydroxyl groups is 1. The van der Waals surface area contributed by atoms with Crippen molar-refractivity contribution in [3.05, 3.63) is 71.4 Å². The number of rotatable bonds is 3. The van der Waals surface area contributed by atoms with E-state index < -0.39 is 17.0 Å². The molecular formula is C24H23NO3. The SMILES string of the molecule is C#CC[C@@]1(C(=O)OC)CCc2c(n(C)c3ccccc23)[C@]1(O)c1ccccc1. The quantitative estimate of drug-likeness (QED) is 0.564. The summed E-state index contributed by atoms with van der Waals surface area (Å²) in [7, 11) is 3.28. The van der Waals surface area contributed by atoms with Crippen LogP contribution in [0.3, 0.4) is 0 Å². The van der Waals surface area contributed by atoms with E-state index in [1.54, 1.807) is 0 Å². The van der Waals surface area contributed by atoms with Crippen LogP contribution >= 0.6 is 0 Å². The Hall–Kier alpha value is -3.03. The molecule has 142 valence electrons. The van der Waals surface area contributed by atoms with Gasteiger partial charge in [-0.1, -0.05) is 48.5 Å². The van der Waals surface area contributed by atoms with Crippen molar-refractivity contribution in [2.75, 3.05) is 7.11 Å². The molecule has 0 amide bonds. The van der Waals surface area contributed by atoms with E-state index in [4.69, 9.17) is 11.2 Å². The molecule has 3 aromatic rings. The van der Waals surface area contributed by atoms with Crippen LogP contribution in [0.5, 0.6) is 0 Å². The number of aryl methyl sites for hydroxylation is 2. The number of ether oxygens (including phenoxy) is 1. The monoisotopic (exact) mass is 373 g/mol. The van der Waals surface area contributed by atoms with Crippen LogP contribution < -0.4 is 0 Å². The fraction of sp³-hybridized carbons (Fsp3) is 0.292. The normalized spacial score (nSPS) is 23.8. The van der Waals surface area contributed by atoms with Gasteiger partial charge in [-0.25, -0.2) is 0 Å². The number of para-hydroxylation sites is 1. The number of hydrogen-bond acceptors (Lipinski definition) is 3. The maximum absolute atomic E-state index is 13.1. The van der Waals surface area contributed by atoms with E-state index in [2.05, 4.69) is 12.0 Å². The van der Waals surface area contributed by atoms with E-state index in [-0.39, 0.29) is 6.42 Å².